The normalized spacial score (nSPS) is 27.6. The lowest BCUT2D eigenvalue weighted by Crippen LogP contribution is -2.51. The molecule has 0 aliphatic carbocycles. The van der Waals surface area contributed by atoms with Gasteiger partial charge in [0, 0.05) is 19.5 Å². The number of cyclic esters (lactones) is 2. The number of ether oxygens (including phenoxy) is 2. The van der Waals surface area contributed by atoms with Gasteiger partial charge in [-0.3, -0.25) is 9.59 Å². The van der Waals surface area contributed by atoms with Crippen LogP contribution in [0.4, 0.5) is 4.79 Å². The van der Waals surface area contributed by atoms with E-state index in [9.17, 15) is 14.4 Å². The van der Waals surface area contributed by atoms with E-state index < -0.39 is 29.6 Å². The Hall–Kier alpha value is -1.59. The summed E-state index contributed by atoms with van der Waals surface area (Å²) in [4.78, 5) is 36.3. The molecule has 2 heterocycles. The van der Waals surface area contributed by atoms with E-state index in [0.29, 0.717) is 13.0 Å². The number of likely N-dealkylation sites (tertiary alicyclic amines) is 1. The standard InChI is InChI=1S/C13H19NO5/c1-13(2,3)19-12(17)14-5-4-8-6-10(15)18-11(16)9(8)7-14/h8-9H,4-7H2,1-3H3. The minimum atomic E-state index is -0.559. The third-order valence-corrected chi connectivity index (χ3v) is 3.35. The molecular formula is C13H19NO5. The highest BCUT2D eigenvalue weighted by Gasteiger charge is 2.43. The Kier molecular flexibility index (Phi) is 3.52. The van der Waals surface area contributed by atoms with Crippen LogP contribution in [0.2, 0.25) is 0 Å². The maximum atomic E-state index is 11.9. The van der Waals surface area contributed by atoms with Crippen molar-refractivity contribution in [2.24, 2.45) is 11.8 Å². The second kappa shape index (κ2) is 4.83. The summed E-state index contributed by atoms with van der Waals surface area (Å²) in [6.45, 7) is 6.17. The highest BCUT2D eigenvalue weighted by Crippen LogP contribution is 2.32. The number of carbonyl (C=O) groups excluding carboxylic acids is 3. The van der Waals surface area contributed by atoms with E-state index in [1.54, 1.807) is 20.8 Å². The molecule has 106 valence electrons. The van der Waals surface area contributed by atoms with Crippen molar-refractivity contribution >= 4 is 18.0 Å². The van der Waals surface area contributed by atoms with Gasteiger partial charge in [-0.1, -0.05) is 0 Å². The van der Waals surface area contributed by atoms with Crippen LogP contribution in [0.5, 0.6) is 0 Å². The number of hydrogen-bond acceptors (Lipinski definition) is 5. The fraction of sp³-hybridized carbons (Fsp3) is 0.769. The van der Waals surface area contributed by atoms with Crippen LogP contribution in [0.15, 0.2) is 0 Å². The van der Waals surface area contributed by atoms with Gasteiger partial charge in [0.1, 0.15) is 5.60 Å². The molecule has 0 aromatic carbocycles. The molecule has 0 aromatic heterocycles. The number of hydrogen-bond donors (Lipinski definition) is 0. The molecule has 2 atom stereocenters. The highest BCUT2D eigenvalue weighted by atomic mass is 16.6. The lowest BCUT2D eigenvalue weighted by molar-refractivity contribution is -0.172. The highest BCUT2D eigenvalue weighted by molar-refractivity contribution is 5.90. The molecule has 0 aromatic rings. The first-order chi connectivity index (χ1) is 8.76. The Bertz CT molecular complexity index is 412. The van der Waals surface area contributed by atoms with Crippen molar-refractivity contribution in [2.75, 3.05) is 13.1 Å². The van der Waals surface area contributed by atoms with E-state index in [4.69, 9.17) is 4.74 Å². The number of esters is 2. The predicted molar refractivity (Wildman–Crippen MR) is 65.1 cm³/mol. The molecule has 2 aliphatic heterocycles. The lowest BCUT2D eigenvalue weighted by Gasteiger charge is -2.39. The second-order valence-corrected chi connectivity index (χ2v) is 6.08. The molecule has 2 rings (SSSR count). The molecule has 2 unspecified atom stereocenters. The van der Waals surface area contributed by atoms with Crippen LogP contribution in [0.25, 0.3) is 0 Å². The monoisotopic (exact) mass is 269 g/mol. The smallest absolute Gasteiger partial charge is 0.410 e. The Balaban J connectivity index is 2.00. The Morgan fingerprint density at radius 3 is 2.68 bits per heavy atom. The number of amides is 1. The second-order valence-electron chi connectivity index (χ2n) is 6.08. The quantitative estimate of drug-likeness (QED) is 0.490. The van der Waals surface area contributed by atoms with Crippen molar-refractivity contribution < 1.29 is 23.9 Å². The van der Waals surface area contributed by atoms with Gasteiger partial charge in [0.25, 0.3) is 0 Å². The molecule has 1 amide bonds. The van der Waals surface area contributed by atoms with Crippen molar-refractivity contribution in [1.82, 2.24) is 4.90 Å². The molecule has 0 bridgehead atoms. The number of nitrogens with zero attached hydrogens (tertiary/aromatic N) is 1. The molecule has 6 nitrogen and oxygen atoms in total. The lowest BCUT2D eigenvalue weighted by atomic mass is 9.82. The van der Waals surface area contributed by atoms with Gasteiger partial charge in [-0.25, -0.2) is 4.79 Å². The zero-order chi connectivity index (χ0) is 14.2. The maximum Gasteiger partial charge on any atom is 0.410 e. The van der Waals surface area contributed by atoms with Crippen molar-refractivity contribution in [3.05, 3.63) is 0 Å². The van der Waals surface area contributed by atoms with Gasteiger partial charge in [0.05, 0.1) is 5.92 Å². The third kappa shape index (κ3) is 3.24. The molecule has 2 saturated heterocycles. The van der Waals surface area contributed by atoms with Crippen LogP contribution in [-0.4, -0.2) is 41.6 Å². The summed E-state index contributed by atoms with van der Waals surface area (Å²) in [5, 5.41) is 0. The number of carbonyl (C=O) groups is 3. The summed E-state index contributed by atoms with van der Waals surface area (Å²) < 4.78 is 9.91. The summed E-state index contributed by atoms with van der Waals surface area (Å²) in [7, 11) is 0. The number of piperidine rings is 1. The molecule has 0 spiro atoms. The van der Waals surface area contributed by atoms with Gasteiger partial charge in [-0.2, -0.15) is 0 Å². The van der Waals surface area contributed by atoms with Crippen LogP contribution >= 0.6 is 0 Å². The number of rotatable bonds is 0. The molecule has 0 saturated carbocycles. The van der Waals surface area contributed by atoms with Gasteiger partial charge in [0.15, 0.2) is 0 Å². The van der Waals surface area contributed by atoms with Crippen molar-refractivity contribution in [2.45, 2.75) is 39.2 Å². The number of fused-ring (bicyclic) bond motifs is 1. The van der Waals surface area contributed by atoms with Gasteiger partial charge in [0.2, 0.25) is 0 Å². The van der Waals surface area contributed by atoms with Crippen LogP contribution in [0, 0.1) is 11.8 Å². The molecular weight excluding hydrogens is 250 g/mol. The first-order valence-corrected chi connectivity index (χ1v) is 6.49. The van der Waals surface area contributed by atoms with Crippen LogP contribution < -0.4 is 0 Å². The SMILES string of the molecule is CC(C)(C)OC(=O)N1CCC2CC(=O)OC(=O)C2C1. The minimum Gasteiger partial charge on any atom is -0.444 e. The summed E-state index contributed by atoms with van der Waals surface area (Å²) in [6.07, 6.45) is 0.471. The van der Waals surface area contributed by atoms with Gasteiger partial charge >= 0.3 is 18.0 Å². The topological polar surface area (TPSA) is 72.9 Å². The Morgan fingerprint density at radius 1 is 1.37 bits per heavy atom. The minimum absolute atomic E-state index is 0.00700. The summed E-state index contributed by atoms with van der Waals surface area (Å²) >= 11 is 0. The Morgan fingerprint density at radius 2 is 2.05 bits per heavy atom. The zero-order valence-corrected chi connectivity index (χ0v) is 11.5. The molecule has 19 heavy (non-hydrogen) atoms. The van der Waals surface area contributed by atoms with Gasteiger partial charge in [-0.15, -0.1) is 0 Å². The summed E-state index contributed by atoms with van der Waals surface area (Å²) in [5.41, 5.74) is -0.559. The zero-order valence-electron chi connectivity index (χ0n) is 11.5. The van der Waals surface area contributed by atoms with E-state index in [0.717, 1.165) is 0 Å². The first kappa shape index (κ1) is 13.8. The van der Waals surface area contributed by atoms with Gasteiger partial charge < -0.3 is 14.4 Å². The predicted octanol–water partition coefficient (Wildman–Crippen LogP) is 1.33. The average molecular weight is 269 g/mol. The van der Waals surface area contributed by atoms with Crippen molar-refractivity contribution in [3.63, 3.8) is 0 Å². The molecule has 6 heteroatoms. The molecule has 0 N–H and O–H groups in total. The fourth-order valence-electron chi connectivity index (χ4n) is 2.45. The molecule has 0 radical (unpaired) electrons. The van der Waals surface area contributed by atoms with E-state index in [-0.39, 0.29) is 18.9 Å². The van der Waals surface area contributed by atoms with E-state index >= 15 is 0 Å². The van der Waals surface area contributed by atoms with E-state index in [1.165, 1.54) is 4.90 Å². The third-order valence-electron chi connectivity index (χ3n) is 3.35. The van der Waals surface area contributed by atoms with Gasteiger partial charge in [-0.05, 0) is 33.1 Å². The van der Waals surface area contributed by atoms with Crippen molar-refractivity contribution in [1.29, 1.82) is 0 Å². The van der Waals surface area contributed by atoms with E-state index in [2.05, 4.69) is 4.74 Å². The average Bonchev–Trinajstić information content (AvgIpc) is 2.25. The van der Waals surface area contributed by atoms with Crippen LogP contribution in [-0.2, 0) is 19.1 Å². The largest absolute Gasteiger partial charge is 0.444 e. The van der Waals surface area contributed by atoms with Crippen LogP contribution in [0.1, 0.15) is 33.6 Å². The van der Waals surface area contributed by atoms with Crippen LogP contribution in [0.3, 0.4) is 0 Å². The van der Waals surface area contributed by atoms with E-state index in [1.807, 2.05) is 0 Å². The summed E-state index contributed by atoms with van der Waals surface area (Å²) in [6, 6.07) is 0. The first-order valence-electron chi connectivity index (χ1n) is 6.49. The molecule has 2 aliphatic rings. The fourth-order valence-corrected chi connectivity index (χ4v) is 2.45. The van der Waals surface area contributed by atoms with Crippen molar-refractivity contribution in [3.8, 4) is 0 Å². The molecule has 2 fully saturated rings. The maximum absolute atomic E-state index is 11.9. The summed E-state index contributed by atoms with van der Waals surface area (Å²) in [5.74, 6) is -1.39. The Labute approximate surface area is 112 Å².